The largest absolute Gasteiger partial charge is 0.374 e. The van der Waals surface area contributed by atoms with Crippen LogP contribution >= 0.6 is 23.2 Å². The van der Waals surface area contributed by atoms with E-state index < -0.39 is 0 Å². The van der Waals surface area contributed by atoms with Gasteiger partial charge >= 0.3 is 0 Å². The summed E-state index contributed by atoms with van der Waals surface area (Å²) in [6.45, 7) is 7.90. The van der Waals surface area contributed by atoms with Gasteiger partial charge in [-0.15, -0.1) is 0 Å². The van der Waals surface area contributed by atoms with Crippen molar-refractivity contribution < 1.29 is 4.79 Å². The molecule has 0 unspecified atom stereocenters. The van der Waals surface area contributed by atoms with Gasteiger partial charge in [-0.2, -0.15) is 0 Å². The molecule has 2 fully saturated rings. The van der Waals surface area contributed by atoms with Gasteiger partial charge in [-0.1, -0.05) is 29.3 Å². The first-order chi connectivity index (χ1) is 17.0. The second kappa shape index (κ2) is 12.5. The van der Waals surface area contributed by atoms with Gasteiger partial charge in [-0.3, -0.25) is 4.79 Å². The Kier molecular flexibility index (Phi) is 9.18. The third kappa shape index (κ3) is 7.29. The Labute approximate surface area is 218 Å². The zero-order chi connectivity index (χ0) is 24.6. The molecule has 0 aromatic heterocycles. The number of hydrogen-bond donors (Lipinski definition) is 2. The lowest BCUT2D eigenvalue weighted by molar-refractivity contribution is -0.107. The Morgan fingerprint density at radius 1 is 1.11 bits per heavy atom. The molecule has 0 spiro atoms. The molecule has 8 heteroatoms. The molecule has 1 amide bonds. The highest BCUT2D eigenvalue weighted by Crippen LogP contribution is 2.24. The normalized spacial score (nSPS) is 18.9. The molecular weight excluding hydrogens is 481 g/mol. The van der Waals surface area contributed by atoms with Crippen molar-refractivity contribution in [2.24, 2.45) is 0 Å². The predicted octanol–water partition coefficient (Wildman–Crippen LogP) is 5.19. The van der Waals surface area contributed by atoms with E-state index in [1.165, 1.54) is 19.3 Å². The van der Waals surface area contributed by atoms with E-state index >= 15 is 0 Å². The summed E-state index contributed by atoms with van der Waals surface area (Å²) >= 11 is 12.3. The maximum atomic E-state index is 11.8. The van der Waals surface area contributed by atoms with Crippen LogP contribution in [0.15, 0.2) is 54.5 Å². The number of piperidine rings is 1. The van der Waals surface area contributed by atoms with Crippen LogP contribution in [0.25, 0.3) is 0 Å². The number of rotatable bonds is 9. The highest BCUT2D eigenvalue weighted by Gasteiger charge is 2.20. The van der Waals surface area contributed by atoms with Crippen molar-refractivity contribution in [2.45, 2.75) is 38.6 Å². The molecule has 6 nitrogen and oxygen atoms in total. The molecule has 2 aromatic rings. The van der Waals surface area contributed by atoms with Crippen LogP contribution < -0.4 is 15.5 Å². The van der Waals surface area contributed by atoms with Crippen molar-refractivity contribution in [1.82, 2.24) is 15.1 Å². The number of piperazine rings is 1. The van der Waals surface area contributed by atoms with Crippen LogP contribution in [0, 0.1) is 0 Å². The molecule has 188 valence electrons. The average molecular weight is 517 g/mol. The first-order valence-corrected chi connectivity index (χ1v) is 13.2. The van der Waals surface area contributed by atoms with E-state index in [0.717, 1.165) is 61.9 Å². The lowest BCUT2D eigenvalue weighted by Crippen LogP contribution is -2.50. The van der Waals surface area contributed by atoms with Crippen LogP contribution in [0.4, 0.5) is 11.4 Å². The summed E-state index contributed by atoms with van der Waals surface area (Å²) < 4.78 is 0. The number of carbonyl (C=O) groups excluding carboxylic acids is 1. The van der Waals surface area contributed by atoms with Crippen LogP contribution in [0.1, 0.15) is 31.7 Å². The maximum Gasteiger partial charge on any atom is 0.214 e. The van der Waals surface area contributed by atoms with Gasteiger partial charge in [-0.25, -0.2) is 0 Å². The van der Waals surface area contributed by atoms with E-state index in [1.54, 1.807) is 11.0 Å². The van der Waals surface area contributed by atoms with E-state index in [4.69, 9.17) is 23.2 Å². The Balaban J connectivity index is 1.43. The van der Waals surface area contributed by atoms with Crippen LogP contribution in [-0.2, 0) is 11.2 Å². The molecule has 2 aliphatic heterocycles. The molecule has 2 aromatic carbocycles. The standard InChI is InChI=1S/C27H35Cl2N5O/c1-21-18-33(16-12-30-21)27(19-32-13-3-2-4-14-32)31-24-7-9-25(10-8-24)34(20-35)15-11-22-5-6-23(28)17-26(22)29/h5-10,17,19-21,30-31H,2-4,11-16,18H2,1H3/b27-19-/t21-/m1/s1. The lowest BCUT2D eigenvalue weighted by atomic mass is 10.1. The number of likely N-dealkylation sites (tertiary alicyclic amines) is 1. The fourth-order valence-corrected chi connectivity index (χ4v) is 5.16. The van der Waals surface area contributed by atoms with E-state index in [9.17, 15) is 4.79 Å². The van der Waals surface area contributed by atoms with Gasteiger partial charge in [0, 0.05) is 72.9 Å². The Bertz CT molecular complexity index is 1010. The van der Waals surface area contributed by atoms with Crippen LogP contribution in [0.5, 0.6) is 0 Å². The third-order valence-corrected chi connectivity index (χ3v) is 7.23. The average Bonchev–Trinajstić information content (AvgIpc) is 2.86. The number of amides is 1. The summed E-state index contributed by atoms with van der Waals surface area (Å²) in [6.07, 6.45) is 7.63. The van der Waals surface area contributed by atoms with E-state index in [-0.39, 0.29) is 0 Å². The van der Waals surface area contributed by atoms with Gasteiger partial charge in [-0.05, 0) is 74.6 Å². The third-order valence-electron chi connectivity index (χ3n) is 6.64. The topological polar surface area (TPSA) is 50.9 Å². The van der Waals surface area contributed by atoms with Crippen molar-refractivity contribution in [3.8, 4) is 0 Å². The van der Waals surface area contributed by atoms with Gasteiger partial charge < -0.3 is 25.3 Å². The monoisotopic (exact) mass is 515 g/mol. The van der Waals surface area contributed by atoms with Crippen molar-refractivity contribution in [1.29, 1.82) is 0 Å². The van der Waals surface area contributed by atoms with E-state index in [1.807, 2.05) is 36.4 Å². The molecule has 0 radical (unpaired) electrons. The van der Waals surface area contributed by atoms with Crippen molar-refractivity contribution in [3.63, 3.8) is 0 Å². The fraction of sp³-hybridized carbons (Fsp3) is 0.444. The summed E-state index contributed by atoms with van der Waals surface area (Å²) in [6, 6.07) is 14.0. The molecule has 1 atom stereocenters. The van der Waals surface area contributed by atoms with Crippen LogP contribution in [0.2, 0.25) is 10.0 Å². The van der Waals surface area contributed by atoms with Gasteiger partial charge in [0.15, 0.2) is 0 Å². The first-order valence-electron chi connectivity index (χ1n) is 12.5. The zero-order valence-corrected chi connectivity index (χ0v) is 21.9. The van der Waals surface area contributed by atoms with E-state index in [0.29, 0.717) is 29.1 Å². The summed E-state index contributed by atoms with van der Waals surface area (Å²) in [5.41, 5.74) is 2.83. The molecule has 35 heavy (non-hydrogen) atoms. The first kappa shape index (κ1) is 25.7. The van der Waals surface area contributed by atoms with Crippen molar-refractivity contribution in [2.75, 3.05) is 49.5 Å². The molecule has 2 N–H and O–H groups in total. The number of hydrogen-bond acceptors (Lipinski definition) is 5. The Morgan fingerprint density at radius 3 is 2.57 bits per heavy atom. The molecule has 2 heterocycles. The minimum Gasteiger partial charge on any atom is -0.374 e. The Morgan fingerprint density at radius 2 is 1.89 bits per heavy atom. The second-order valence-electron chi connectivity index (χ2n) is 9.37. The highest BCUT2D eigenvalue weighted by molar-refractivity contribution is 6.35. The molecule has 2 saturated heterocycles. The number of carbonyl (C=O) groups is 1. The molecule has 0 bridgehead atoms. The Hall–Kier alpha value is -2.41. The minimum atomic E-state index is 0.452. The summed E-state index contributed by atoms with van der Waals surface area (Å²) in [7, 11) is 0. The zero-order valence-electron chi connectivity index (χ0n) is 20.4. The van der Waals surface area contributed by atoms with Crippen LogP contribution in [0.3, 0.4) is 0 Å². The van der Waals surface area contributed by atoms with Gasteiger partial charge in [0.1, 0.15) is 5.82 Å². The summed E-state index contributed by atoms with van der Waals surface area (Å²) in [5, 5.41) is 8.41. The lowest BCUT2D eigenvalue weighted by Gasteiger charge is -2.37. The molecule has 0 saturated carbocycles. The van der Waals surface area contributed by atoms with E-state index in [2.05, 4.69) is 33.6 Å². The minimum absolute atomic E-state index is 0.452. The predicted molar refractivity (Wildman–Crippen MR) is 146 cm³/mol. The van der Waals surface area contributed by atoms with Crippen LogP contribution in [-0.4, -0.2) is 61.5 Å². The number of benzene rings is 2. The smallest absolute Gasteiger partial charge is 0.214 e. The number of nitrogens with one attached hydrogen (secondary N) is 2. The highest BCUT2D eigenvalue weighted by atomic mass is 35.5. The van der Waals surface area contributed by atoms with Crippen molar-refractivity contribution in [3.05, 3.63) is 70.1 Å². The molecule has 0 aliphatic carbocycles. The summed E-state index contributed by atoms with van der Waals surface area (Å²) in [4.78, 5) is 18.4. The van der Waals surface area contributed by atoms with Gasteiger partial charge in [0.2, 0.25) is 6.41 Å². The van der Waals surface area contributed by atoms with Gasteiger partial charge in [0.25, 0.3) is 0 Å². The summed E-state index contributed by atoms with van der Waals surface area (Å²) in [5.74, 6) is 1.14. The fourth-order valence-electron chi connectivity index (χ4n) is 4.66. The van der Waals surface area contributed by atoms with Gasteiger partial charge in [0.05, 0.1) is 0 Å². The number of nitrogens with zero attached hydrogens (tertiary/aromatic N) is 3. The number of halogens is 2. The quantitative estimate of drug-likeness (QED) is 0.450. The molecular formula is C27H35Cl2N5O. The maximum absolute atomic E-state index is 11.8. The molecule has 2 aliphatic rings. The van der Waals surface area contributed by atoms with Crippen molar-refractivity contribution >= 4 is 41.0 Å². The number of anilines is 2. The molecule has 4 rings (SSSR count). The SMILES string of the molecule is C[C@@H]1CN(/C(=C\N2CCCCC2)Nc2ccc(N(C=O)CCc3ccc(Cl)cc3Cl)cc2)CCN1. The second-order valence-corrected chi connectivity index (χ2v) is 10.2.